The number of phenolic OH excluding ortho intramolecular Hbond substituents is 1. The highest BCUT2D eigenvalue weighted by molar-refractivity contribution is 9.10. The molecule has 3 N–H and O–H groups in total. The van der Waals surface area contributed by atoms with Crippen molar-refractivity contribution in [2.45, 2.75) is 0 Å². The van der Waals surface area contributed by atoms with Gasteiger partial charge in [0.1, 0.15) is 0 Å². The standard InChI is InChI=1S/C7H9BrN2O3S/c1-9-14(12,13)10-6-4-2-3-5(8)7(6)11/h2-4,9-11H,1H3. The number of aromatic hydroxyl groups is 1. The number of rotatable bonds is 3. The number of nitrogens with one attached hydrogen (secondary N) is 2. The number of halogens is 1. The van der Waals surface area contributed by atoms with Crippen molar-refractivity contribution in [1.29, 1.82) is 0 Å². The zero-order valence-corrected chi connectivity index (χ0v) is 9.68. The topological polar surface area (TPSA) is 78.4 Å². The molecule has 7 heteroatoms. The highest BCUT2D eigenvalue weighted by atomic mass is 79.9. The van der Waals surface area contributed by atoms with E-state index in [1.54, 1.807) is 12.1 Å². The Morgan fingerprint density at radius 3 is 2.64 bits per heavy atom. The third kappa shape index (κ3) is 2.60. The molecule has 0 aliphatic heterocycles. The first kappa shape index (κ1) is 11.3. The minimum absolute atomic E-state index is 0.119. The van der Waals surface area contributed by atoms with Crippen LogP contribution in [0.4, 0.5) is 5.69 Å². The Kier molecular flexibility index (Phi) is 3.35. The molecule has 0 saturated heterocycles. The predicted molar refractivity (Wildman–Crippen MR) is 57.4 cm³/mol. The minimum atomic E-state index is -3.59. The highest BCUT2D eigenvalue weighted by Gasteiger charge is 2.10. The van der Waals surface area contributed by atoms with Crippen molar-refractivity contribution >= 4 is 31.8 Å². The Hall–Kier alpha value is -0.790. The lowest BCUT2D eigenvalue weighted by molar-refractivity contribution is 0.474. The van der Waals surface area contributed by atoms with E-state index in [9.17, 15) is 13.5 Å². The summed E-state index contributed by atoms with van der Waals surface area (Å²) in [5.74, 6) is -0.147. The quantitative estimate of drug-likeness (QED) is 0.724. The minimum Gasteiger partial charge on any atom is -0.505 e. The average Bonchev–Trinajstić information content (AvgIpc) is 2.13. The van der Waals surface area contributed by atoms with Crippen LogP contribution in [-0.4, -0.2) is 20.6 Å². The average molecular weight is 281 g/mol. The van der Waals surface area contributed by atoms with E-state index < -0.39 is 10.2 Å². The molecule has 0 bridgehead atoms. The molecule has 0 aromatic heterocycles. The molecule has 0 amide bonds. The molecule has 0 fully saturated rings. The normalized spacial score (nSPS) is 11.3. The molecule has 1 rings (SSSR count). The molecule has 0 aliphatic rings. The van der Waals surface area contributed by atoms with E-state index >= 15 is 0 Å². The fourth-order valence-corrected chi connectivity index (χ4v) is 1.72. The summed E-state index contributed by atoms with van der Waals surface area (Å²) in [6, 6.07) is 4.67. The molecular weight excluding hydrogens is 272 g/mol. The highest BCUT2D eigenvalue weighted by Crippen LogP contribution is 2.31. The molecule has 0 radical (unpaired) electrons. The lowest BCUT2D eigenvalue weighted by Gasteiger charge is -2.08. The van der Waals surface area contributed by atoms with E-state index in [4.69, 9.17) is 0 Å². The summed E-state index contributed by atoms with van der Waals surface area (Å²) in [4.78, 5) is 0. The van der Waals surface area contributed by atoms with Gasteiger partial charge in [-0.25, -0.2) is 4.72 Å². The van der Waals surface area contributed by atoms with Gasteiger partial charge in [-0.1, -0.05) is 6.07 Å². The first-order valence-corrected chi connectivity index (χ1v) is 5.92. The summed E-state index contributed by atoms with van der Waals surface area (Å²) in [5.41, 5.74) is 0.119. The second-order valence-corrected chi connectivity index (χ2v) is 4.92. The van der Waals surface area contributed by atoms with Crippen LogP contribution in [0.15, 0.2) is 22.7 Å². The van der Waals surface area contributed by atoms with Gasteiger partial charge < -0.3 is 5.11 Å². The number of para-hydroxylation sites is 1. The monoisotopic (exact) mass is 280 g/mol. The van der Waals surface area contributed by atoms with Crippen molar-refractivity contribution in [3.05, 3.63) is 22.7 Å². The maximum Gasteiger partial charge on any atom is 0.298 e. The fraction of sp³-hybridized carbons (Fsp3) is 0.143. The van der Waals surface area contributed by atoms with Gasteiger partial charge in [-0.15, -0.1) is 0 Å². The van der Waals surface area contributed by atoms with Crippen molar-refractivity contribution in [2.24, 2.45) is 0 Å². The molecule has 78 valence electrons. The van der Waals surface area contributed by atoms with Gasteiger partial charge >= 0.3 is 0 Å². The largest absolute Gasteiger partial charge is 0.505 e. The SMILES string of the molecule is CNS(=O)(=O)Nc1cccc(Br)c1O. The van der Waals surface area contributed by atoms with E-state index in [0.717, 1.165) is 0 Å². The van der Waals surface area contributed by atoms with Crippen LogP contribution in [0.25, 0.3) is 0 Å². The summed E-state index contributed by atoms with van der Waals surface area (Å²) in [6.45, 7) is 0. The molecule has 0 saturated carbocycles. The third-order valence-electron chi connectivity index (χ3n) is 1.50. The van der Waals surface area contributed by atoms with Crippen molar-refractivity contribution in [2.75, 3.05) is 11.8 Å². The predicted octanol–water partition coefficient (Wildman–Crippen LogP) is 1.03. The van der Waals surface area contributed by atoms with Crippen molar-refractivity contribution in [3.63, 3.8) is 0 Å². The van der Waals surface area contributed by atoms with Gasteiger partial charge in [0.25, 0.3) is 10.2 Å². The molecule has 0 heterocycles. The van der Waals surface area contributed by atoms with E-state index in [0.29, 0.717) is 4.47 Å². The zero-order chi connectivity index (χ0) is 10.8. The lowest BCUT2D eigenvalue weighted by Crippen LogP contribution is -2.26. The smallest absolute Gasteiger partial charge is 0.298 e. The Morgan fingerprint density at radius 2 is 2.07 bits per heavy atom. The molecule has 5 nitrogen and oxygen atoms in total. The second-order valence-electron chi connectivity index (χ2n) is 2.45. The number of anilines is 1. The van der Waals surface area contributed by atoms with Gasteiger partial charge in [0.15, 0.2) is 5.75 Å². The summed E-state index contributed by atoms with van der Waals surface area (Å²) in [6.07, 6.45) is 0. The summed E-state index contributed by atoms with van der Waals surface area (Å²) >= 11 is 3.07. The van der Waals surface area contributed by atoms with Gasteiger partial charge in [-0.2, -0.15) is 8.42 Å². The van der Waals surface area contributed by atoms with E-state index in [2.05, 4.69) is 25.4 Å². The van der Waals surface area contributed by atoms with Crippen LogP contribution < -0.4 is 9.44 Å². The van der Waals surface area contributed by atoms with Crippen LogP contribution in [0.3, 0.4) is 0 Å². The number of phenols is 1. The van der Waals surface area contributed by atoms with E-state index in [-0.39, 0.29) is 11.4 Å². The number of hydrogen-bond donors (Lipinski definition) is 3. The summed E-state index contributed by atoms with van der Waals surface area (Å²) in [5, 5.41) is 9.45. The molecule has 1 aromatic carbocycles. The van der Waals surface area contributed by atoms with Crippen LogP contribution in [0, 0.1) is 0 Å². The van der Waals surface area contributed by atoms with Gasteiger partial charge in [0.05, 0.1) is 10.2 Å². The molecule has 0 atom stereocenters. The van der Waals surface area contributed by atoms with Crippen molar-refractivity contribution in [1.82, 2.24) is 4.72 Å². The molecule has 0 aliphatic carbocycles. The first-order chi connectivity index (χ1) is 6.46. The Bertz CT molecular complexity index is 433. The fourth-order valence-electron chi connectivity index (χ4n) is 0.793. The van der Waals surface area contributed by atoms with Gasteiger partial charge in [0, 0.05) is 7.05 Å². The first-order valence-electron chi connectivity index (χ1n) is 3.65. The molecule has 14 heavy (non-hydrogen) atoms. The van der Waals surface area contributed by atoms with Crippen LogP contribution >= 0.6 is 15.9 Å². The Labute approximate surface area is 90.5 Å². The molecule has 0 spiro atoms. The summed E-state index contributed by atoms with van der Waals surface area (Å²) < 4.78 is 26.8. The molecular formula is C7H9BrN2O3S. The van der Waals surface area contributed by atoms with Gasteiger partial charge in [-0.05, 0) is 28.1 Å². The maximum atomic E-state index is 11.1. The van der Waals surface area contributed by atoms with Gasteiger partial charge in [0.2, 0.25) is 0 Å². The third-order valence-corrected chi connectivity index (χ3v) is 3.17. The Balaban J connectivity index is 3.05. The van der Waals surface area contributed by atoms with E-state index in [1.165, 1.54) is 13.1 Å². The number of benzene rings is 1. The maximum absolute atomic E-state index is 11.1. The Morgan fingerprint density at radius 1 is 1.43 bits per heavy atom. The zero-order valence-electron chi connectivity index (χ0n) is 7.28. The lowest BCUT2D eigenvalue weighted by atomic mass is 10.3. The van der Waals surface area contributed by atoms with Crippen molar-refractivity contribution in [3.8, 4) is 5.75 Å². The van der Waals surface area contributed by atoms with Crippen molar-refractivity contribution < 1.29 is 13.5 Å². The van der Waals surface area contributed by atoms with E-state index in [1.807, 2.05) is 0 Å². The van der Waals surface area contributed by atoms with Gasteiger partial charge in [-0.3, -0.25) is 4.72 Å². The summed E-state index contributed by atoms with van der Waals surface area (Å²) in [7, 11) is -2.32. The second kappa shape index (κ2) is 4.16. The molecule has 0 unspecified atom stereocenters. The van der Waals surface area contributed by atoms with Crippen LogP contribution in [-0.2, 0) is 10.2 Å². The van der Waals surface area contributed by atoms with Crippen LogP contribution in [0.2, 0.25) is 0 Å². The van der Waals surface area contributed by atoms with Crippen LogP contribution in [0.5, 0.6) is 5.75 Å². The molecule has 1 aromatic rings. The number of hydrogen-bond acceptors (Lipinski definition) is 3. The van der Waals surface area contributed by atoms with Crippen LogP contribution in [0.1, 0.15) is 0 Å².